The minimum atomic E-state index is 0.702. The number of hydrogen-bond donors (Lipinski definition) is 2. The molecule has 3 aromatic rings. The van der Waals surface area contributed by atoms with Crippen LogP contribution in [-0.2, 0) is 0 Å². The van der Waals surface area contributed by atoms with Crippen molar-refractivity contribution in [3.05, 3.63) is 41.9 Å². The monoisotopic (exact) mass is 287 g/mol. The summed E-state index contributed by atoms with van der Waals surface area (Å²) in [5.74, 6) is 0. The summed E-state index contributed by atoms with van der Waals surface area (Å²) in [6.45, 7) is 0. The van der Waals surface area contributed by atoms with Crippen molar-refractivity contribution >= 4 is 50.4 Å². The molecular weight excluding hydrogens is 274 g/mol. The van der Waals surface area contributed by atoms with Crippen LogP contribution >= 0.6 is 23.1 Å². The molecule has 0 atom stereocenters. The van der Waals surface area contributed by atoms with Crippen LogP contribution in [0.3, 0.4) is 0 Å². The molecule has 3 rings (SSSR count). The van der Waals surface area contributed by atoms with Crippen LogP contribution in [0.25, 0.3) is 10.2 Å². The number of anilines is 3. The Morgan fingerprint density at radius 1 is 1.16 bits per heavy atom. The molecule has 0 bridgehead atoms. The van der Waals surface area contributed by atoms with Gasteiger partial charge >= 0.3 is 0 Å². The second kappa shape index (κ2) is 5.11. The van der Waals surface area contributed by atoms with Crippen LogP contribution in [0.5, 0.6) is 0 Å². The van der Waals surface area contributed by atoms with Crippen LogP contribution in [0.15, 0.2) is 46.8 Å². The number of nitrogen functional groups attached to an aromatic ring is 1. The Morgan fingerprint density at radius 3 is 2.68 bits per heavy atom. The standard InChI is InChI=1S/C14H13N3S2/c1-18-10-4-2-9(3-5-10)17-11-6-7-12-14(13(11)15)16-8-19-12/h2-8,17H,15H2,1H3. The predicted molar refractivity (Wildman–Crippen MR) is 85.5 cm³/mol. The third kappa shape index (κ3) is 2.39. The fourth-order valence-corrected chi connectivity index (χ4v) is 2.99. The van der Waals surface area contributed by atoms with Gasteiger partial charge in [-0.15, -0.1) is 23.1 Å². The fourth-order valence-electron chi connectivity index (χ4n) is 1.89. The molecule has 0 aliphatic heterocycles. The van der Waals surface area contributed by atoms with Crippen molar-refractivity contribution in [3.8, 4) is 0 Å². The van der Waals surface area contributed by atoms with Gasteiger partial charge in [0.2, 0.25) is 0 Å². The first-order valence-corrected chi connectivity index (χ1v) is 7.91. The van der Waals surface area contributed by atoms with Crippen molar-refractivity contribution in [1.82, 2.24) is 4.98 Å². The topological polar surface area (TPSA) is 50.9 Å². The highest BCUT2D eigenvalue weighted by atomic mass is 32.2. The molecule has 2 aromatic carbocycles. The Morgan fingerprint density at radius 2 is 1.95 bits per heavy atom. The summed E-state index contributed by atoms with van der Waals surface area (Å²) in [6, 6.07) is 12.3. The van der Waals surface area contributed by atoms with Gasteiger partial charge in [0.1, 0.15) is 5.52 Å². The third-order valence-corrected chi connectivity index (χ3v) is 4.45. The Hall–Kier alpha value is -1.72. The summed E-state index contributed by atoms with van der Waals surface area (Å²) < 4.78 is 1.11. The molecule has 0 saturated heterocycles. The molecule has 96 valence electrons. The van der Waals surface area contributed by atoms with Gasteiger partial charge in [-0.3, -0.25) is 0 Å². The van der Waals surface area contributed by atoms with E-state index < -0.39 is 0 Å². The molecule has 1 aromatic heterocycles. The molecule has 3 N–H and O–H groups in total. The molecule has 0 radical (unpaired) electrons. The van der Waals surface area contributed by atoms with Gasteiger partial charge in [-0.05, 0) is 42.7 Å². The molecule has 3 nitrogen and oxygen atoms in total. The summed E-state index contributed by atoms with van der Waals surface area (Å²) in [4.78, 5) is 5.54. The molecule has 0 aliphatic carbocycles. The highest BCUT2D eigenvalue weighted by Crippen LogP contribution is 2.32. The van der Waals surface area contributed by atoms with E-state index in [1.165, 1.54) is 4.90 Å². The Balaban J connectivity index is 1.93. The second-order valence-electron chi connectivity index (χ2n) is 4.08. The third-order valence-electron chi connectivity index (χ3n) is 2.91. The largest absolute Gasteiger partial charge is 0.395 e. The van der Waals surface area contributed by atoms with Gasteiger partial charge < -0.3 is 11.1 Å². The van der Waals surface area contributed by atoms with Gasteiger partial charge in [0.25, 0.3) is 0 Å². The van der Waals surface area contributed by atoms with Gasteiger partial charge in [0.15, 0.2) is 0 Å². The lowest BCUT2D eigenvalue weighted by atomic mass is 10.2. The van der Waals surface area contributed by atoms with Gasteiger partial charge in [-0.25, -0.2) is 4.98 Å². The van der Waals surface area contributed by atoms with Crippen LogP contribution in [0, 0.1) is 0 Å². The minimum Gasteiger partial charge on any atom is -0.395 e. The minimum absolute atomic E-state index is 0.702. The molecule has 19 heavy (non-hydrogen) atoms. The number of aromatic nitrogens is 1. The summed E-state index contributed by atoms with van der Waals surface area (Å²) in [5.41, 5.74) is 11.5. The predicted octanol–water partition coefficient (Wildman–Crippen LogP) is 4.34. The SMILES string of the molecule is CSc1ccc(Nc2ccc3scnc3c2N)cc1. The molecule has 1 heterocycles. The zero-order valence-electron chi connectivity index (χ0n) is 10.4. The lowest BCUT2D eigenvalue weighted by molar-refractivity contribution is 1.44. The maximum absolute atomic E-state index is 6.14. The highest BCUT2D eigenvalue weighted by Gasteiger charge is 2.06. The van der Waals surface area contributed by atoms with Gasteiger partial charge in [-0.1, -0.05) is 0 Å². The van der Waals surface area contributed by atoms with Crippen molar-refractivity contribution in [3.63, 3.8) is 0 Å². The Kier molecular flexibility index (Phi) is 3.31. The van der Waals surface area contributed by atoms with E-state index in [0.29, 0.717) is 5.69 Å². The molecule has 0 aliphatic rings. The van der Waals surface area contributed by atoms with E-state index in [-0.39, 0.29) is 0 Å². The van der Waals surface area contributed by atoms with Gasteiger partial charge in [-0.2, -0.15) is 0 Å². The maximum atomic E-state index is 6.14. The van der Waals surface area contributed by atoms with Crippen molar-refractivity contribution in [2.24, 2.45) is 0 Å². The number of rotatable bonds is 3. The number of thiazole rings is 1. The number of nitrogens with one attached hydrogen (secondary N) is 1. The van der Waals surface area contributed by atoms with E-state index in [1.807, 2.05) is 17.6 Å². The van der Waals surface area contributed by atoms with E-state index >= 15 is 0 Å². The Bertz CT molecular complexity index is 704. The van der Waals surface area contributed by atoms with Crippen molar-refractivity contribution < 1.29 is 0 Å². The lowest BCUT2D eigenvalue weighted by Crippen LogP contribution is -1.96. The summed E-state index contributed by atoms with van der Waals surface area (Å²) in [6.07, 6.45) is 2.07. The zero-order chi connectivity index (χ0) is 13.2. The Labute approximate surface area is 119 Å². The van der Waals surface area contributed by atoms with Crippen molar-refractivity contribution in [1.29, 1.82) is 0 Å². The van der Waals surface area contributed by atoms with Crippen LogP contribution in [0.1, 0.15) is 0 Å². The summed E-state index contributed by atoms with van der Waals surface area (Å²) in [7, 11) is 0. The number of benzene rings is 2. The van der Waals surface area contributed by atoms with E-state index in [9.17, 15) is 0 Å². The van der Waals surface area contributed by atoms with E-state index in [4.69, 9.17) is 5.73 Å². The van der Waals surface area contributed by atoms with Crippen LogP contribution < -0.4 is 11.1 Å². The molecular formula is C14H13N3S2. The van der Waals surface area contributed by atoms with Gasteiger partial charge in [0.05, 0.1) is 21.6 Å². The molecule has 0 unspecified atom stereocenters. The summed E-state index contributed by atoms with van der Waals surface area (Å²) in [5, 5.41) is 3.34. The molecule has 0 fully saturated rings. The first-order valence-electron chi connectivity index (χ1n) is 5.80. The molecule has 5 heteroatoms. The first kappa shape index (κ1) is 12.3. The average Bonchev–Trinajstić information content (AvgIpc) is 2.92. The summed E-state index contributed by atoms with van der Waals surface area (Å²) >= 11 is 3.33. The molecule has 0 spiro atoms. The molecule has 0 amide bonds. The highest BCUT2D eigenvalue weighted by molar-refractivity contribution is 7.98. The van der Waals surface area contributed by atoms with E-state index in [0.717, 1.165) is 21.6 Å². The smallest absolute Gasteiger partial charge is 0.106 e. The number of nitrogens with zero attached hydrogens (tertiary/aromatic N) is 1. The normalized spacial score (nSPS) is 10.8. The quantitative estimate of drug-likeness (QED) is 0.555. The van der Waals surface area contributed by atoms with Crippen LogP contribution in [0.2, 0.25) is 0 Å². The van der Waals surface area contributed by atoms with Crippen LogP contribution in [-0.4, -0.2) is 11.2 Å². The van der Waals surface area contributed by atoms with E-state index in [1.54, 1.807) is 23.1 Å². The number of fused-ring (bicyclic) bond motifs is 1. The fraction of sp³-hybridized carbons (Fsp3) is 0.0714. The van der Waals surface area contributed by atoms with Crippen molar-refractivity contribution in [2.45, 2.75) is 4.90 Å². The second-order valence-corrected chi connectivity index (χ2v) is 5.85. The van der Waals surface area contributed by atoms with E-state index in [2.05, 4.69) is 40.8 Å². The lowest BCUT2D eigenvalue weighted by Gasteiger charge is -2.10. The number of thioether (sulfide) groups is 1. The maximum Gasteiger partial charge on any atom is 0.106 e. The number of nitrogens with two attached hydrogens (primary N) is 1. The average molecular weight is 287 g/mol. The first-order chi connectivity index (χ1) is 9.28. The molecule has 0 saturated carbocycles. The van der Waals surface area contributed by atoms with Gasteiger partial charge in [0, 0.05) is 10.6 Å². The zero-order valence-corrected chi connectivity index (χ0v) is 12.0. The van der Waals surface area contributed by atoms with Crippen LogP contribution in [0.4, 0.5) is 17.1 Å². The van der Waals surface area contributed by atoms with Crippen molar-refractivity contribution in [2.75, 3.05) is 17.3 Å². The number of hydrogen-bond acceptors (Lipinski definition) is 5.